The maximum absolute atomic E-state index is 11.9. The third-order valence-corrected chi connectivity index (χ3v) is 3.24. The lowest BCUT2D eigenvalue weighted by Gasteiger charge is -2.28. The molecule has 0 heterocycles. The van der Waals surface area contributed by atoms with Crippen molar-refractivity contribution in [1.29, 1.82) is 0 Å². The van der Waals surface area contributed by atoms with Gasteiger partial charge in [0.05, 0.1) is 0 Å². The van der Waals surface area contributed by atoms with Crippen LogP contribution in [-0.4, -0.2) is 29.1 Å². The molecule has 2 unspecified atom stereocenters. The van der Waals surface area contributed by atoms with Crippen LogP contribution in [-0.2, 0) is 9.59 Å². The monoisotopic (exact) mass is 242 g/mol. The zero-order chi connectivity index (χ0) is 13.2. The normalized spacial score (nSPS) is 26.6. The van der Waals surface area contributed by atoms with Crippen molar-refractivity contribution in [3.63, 3.8) is 0 Å². The first-order valence-electron chi connectivity index (χ1n) is 6.00. The van der Waals surface area contributed by atoms with Crippen molar-refractivity contribution in [3.8, 4) is 0 Å². The molecule has 17 heavy (non-hydrogen) atoms. The minimum Gasteiger partial charge on any atom is -0.480 e. The number of carboxylic acids is 1. The molecule has 98 valence electrons. The maximum atomic E-state index is 11.9. The second-order valence-electron chi connectivity index (χ2n) is 5.92. The van der Waals surface area contributed by atoms with Crippen LogP contribution in [0, 0.1) is 11.3 Å². The lowest BCUT2D eigenvalue weighted by molar-refractivity contribution is -0.145. The third kappa shape index (κ3) is 3.70. The van der Waals surface area contributed by atoms with Crippen molar-refractivity contribution in [1.82, 2.24) is 5.32 Å². The lowest BCUT2D eigenvalue weighted by Crippen LogP contribution is -2.50. The van der Waals surface area contributed by atoms with Crippen molar-refractivity contribution in [2.75, 3.05) is 0 Å². The summed E-state index contributed by atoms with van der Waals surface area (Å²) in [7, 11) is 0. The Kier molecular flexibility index (Phi) is 4.14. The number of amides is 1. The number of hydrogen-bond acceptors (Lipinski definition) is 3. The highest BCUT2D eigenvalue weighted by Crippen LogP contribution is 2.26. The Labute approximate surface area is 102 Å². The zero-order valence-electron chi connectivity index (χ0n) is 10.7. The number of nitrogens with two attached hydrogens (primary N) is 1. The van der Waals surface area contributed by atoms with Crippen LogP contribution in [0.5, 0.6) is 0 Å². The summed E-state index contributed by atoms with van der Waals surface area (Å²) in [6, 6.07) is -0.782. The summed E-state index contributed by atoms with van der Waals surface area (Å²) >= 11 is 0. The van der Waals surface area contributed by atoms with Crippen molar-refractivity contribution in [3.05, 3.63) is 0 Å². The molecule has 0 spiro atoms. The van der Waals surface area contributed by atoms with Gasteiger partial charge in [-0.25, -0.2) is 4.79 Å². The molecular formula is C12H22N2O3. The van der Waals surface area contributed by atoms with Gasteiger partial charge in [-0.2, -0.15) is 0 Å². The predicted octanol–water partition coefficient (Wildman–Crippen LogP) is 0.729. The van der Waals surface area contributed by atoms with E-state index in [-0.39, 0.29) is 17.9 Å². The van der Waals surface area contributed by atoms with Crippen molar-refractivity contribution >= 4 is 11.9 Å². The van der Waals surface area contributed by atoms with Gasteiger partial charge in [-0.1, -0.05) is 20.8 Å². The molecule has 5 nitrogen and oxygen atoms in total. The molecule has 0 aromatic rings. The van der Waals surface area contributed by atoms with Gasteiger partial charge in [-0.3, -0.25) is 4.79 Å². The molecule has 1 fully saturated rings. The van der Waals surface area contributed by atoms with Crippen LogP contribution in [0.25, 0.3) is 0 Å². The lowest BCUT2D eigenvalue weighted by atomic mass is 9.86. The van der Waals surface area contributed by atoms with E-state index in [0.717, 1.165) is 12.8 Å². The Morgan fingerprint density at radius 1 is 1.35 bits per heavy atom. The number of hydrogen-bond donors (Lipinski definition) is 3. The summed E-state index contributed by atoms with van der Waals surface area (Å²) < 4.78 is 0. The molecule has 1 aliphatic rings. The fourth-order valence-electron chi connectivity index (χ4n) is 2.16. The minimum absolute atomic E-state index is 0.0728. The second-order valence-corrected chi connectivity index (χ2v) is 5.92. The molecule has 1 aliphatic carbocycles. The Balaban J connectivity index is 2.62. The van der Waals surface area contributed by atoms with Crippen LogP contribution >= 0.6 is 0 Å². The van der Waals surface area contributed by atoms with Gasteiger partial charge >= 0.3 is 5.97 Å². The van der Waals surface area contributed by atoms with E-state index in [9.17, 15) is 9.59 Å². The highest BCUT2D eigenvalue weighted by Gasteiger charge is 2.36. The van der Waals surface area contributed by atoms with Crippen LogP contribution in [0.3, 0.4) is 0 Å². The molecule has 5 heteroatoms. The number of rotatable bonds is 3. The first-order chi connectivity index (χ1) is 7.71. The van der Waals surface area contributed by atoms with Gasteiger partial charge in [0.15, 0.2) is 0 Å². The zero-order valence-corrected chi connectivity index (χ0v) is 10.7. The number of carboxylic acid groups (broad SMARTS) is 1. The maximum Gasteiger partial charge on any atom is 0.326 e. The Morgan fingerprint density at radius 2 is 1.94 bits per heavy atom. The quantitative estimate of drug-likeness (QED) is 0.680. The SMILES string of the molecule is CC(C)(C)[C@@H](NC(=O)C1CCC(N)C1)C(=O)O. The first kappa shape index (κ1) is 14.0. The molecular weight excluding hydrogens is 220 g/mol. The summed E-state index contributed by atoms with van der Waals surface area (Å²) in [4.78, 5) is 23.0. The van der Waals surface area contributed by atoms with Crippen molar-refractivity contribution in [2.24, 2.45) is 17.1 Å². The van der Waals surface area contributed by atoms with Crippen LogP contribution in [0.15, 0.2) is 0 Å². The summed E-state index contributed by atoms with van der Waals surface area (Å²) in [6.07, 6.45) is 2.25. The van der Waals surface area contributed by atoms with Crippen LogP contribution in [0.1, 0.15) is 40.0 Å². The molecule has 1 rings (SSSR count). The van der Waals surface area contributed by atoms with Crippen LogP contribution < -0.4 is 11.1 Å². The van der Waals surface area contributed by atoms with E-state index in [1.165, 1.54) is 0 Å². The number of carbonyl (C=O) groups is 2. The van der Waals surface area contributed by atoms with Gasteiger partial charge in [0.25, 0.3) is 0 Å². The highest BCUT2D eigenvalue weighted by atomic mass is 16.4. The fourth-order valence-corrected chi connectivity index (χ4v) is 2.16. The number of carbonyl (C=O) groups excluding carboxylic acids is 1. The van der Waals surface area contributed by atoms with Gasteiger partial charge in [0.1, 0.15) is 6.04 Å². The number of aliphatic carboxylic acids is 1. The van der Waals surface area contributed by atoms with Gasteiger partial charge in [-0.15, -0.1) is 0 Å². The van der Waals surface area contributed by atoms with Gasteiger partial charge in [-0.05, 0) is 24.7 Å². The Hall–Kier alpha value is -1.10. The average molecular weight is 242 g/mol. The van der Waals surface area contributed by atoms with Crippen LogP contribution in [0.2, 0.25) is 0 Å². The molecule has 3 atom stereocenters. The van der Waals surface area contributed by atoms with Gasteiger partial charge in [0.2, 0.25) is 5.91 Å². The Bertz CT molecular complexity index is 309. The standard InChI is InChI=1S/C12H22N2O3/c1-12(2,3)9(11(16)17)14-10(15)7-4-5-8(13)6-7/h7-9H,4-6,13H2,1-3H3,(H,14,15)(H,16,17)/t7?,8?,9-/m0/s1. The second kappa shape index (κ2) is 5.04. The third-order valence-electron chi connectivity index (χ3n) is 3.24. The van der Waals surface area contributed by atoms with E-state index in [1.54, 1.807) is 20.8 Å². The molecule has 1 amide bonds. The fraction of sp³-hybridized carbons (Fsp3) is 0.833. The summed E-state index contributed by atoms with van der Waals surface area (Å²) in [5.74, 6) is -1.30. The first-order valence-corrected chi connectivity index (χ1v) is 6.00. The molecule has 4 N–H and O–H groups in total. The van der Waals surface area contributed by atoms with Gasteiger partial charge < -0.3 is 16.2 Å². The van der Waals surface area contributed by atoms with Crippen molar-refractivity contribution < 1.29 is 14.7 Å². The molecule has 0 radical (unpaired) electrons. The largest absolute Gasteiger partial charge is 0.480 e. The Morgan fingerprint density at radius 3 is 2.29 bits per heavy atom. The van der Waals surface area contributed by atoms with E-state index >= 15 is 0 Å². The van der Waals surface area contributed by atoms with Gasteiger partial charge in [0, 0.05) is 12.0 Å². The average Bonchev–Trinajstić information content (AvgIpc) is 2.58. The topological polar surface area (TPSA) is 92.4 Å². The predicted molar refractivity (Wildman–Crippen MR) is 64.3 cm³/mol. The molecule has 0 bridgehead atoms. The summed E-state index contributed by atoms with van der Waals surface area (Å²) in [5, 5.41) is 11.7. The van der Waals surface area contributed by atoms with Crippen LogP contribution in [0.4, 0.5) is 0 Å². The molecule has 0 aliphatic heterocycles. The molecule has 1 saturated carbocycles. The van der Waals surface area contributed by atoms with E-state index < -0.39 is 17.4 Å². The minimum atomic E-state index is -0.992. The summed E-state index contributed by atoms with van der Waals surface area (Å²) in [6.45, 7) is 5.39. The molecule has 0 saturated heterocycles. The number of nitrogens with one attached hydrogen (secondary N) is 1. The molecule has 0 aromatic carbocycles. The smallest absolute Gasteiger partial charge is 0.326 e. The van der Waals surface area contributed by atoms with E-state index in [1.807, 2.05) is 0 Å². The molecule has 0 aromatic heterocycles. The van der Waals surface area contributed by atoms with E-state index in [2.05, 4.69) is 5.32 Å². The van der Waals surface area contributed by atoms with E-state index in [4.69, 9.17) is 10.8 Å². The van der Waals surface area contributed by atoms with Crippen molar-refractivity contribution in [2.45, 2.75) is 52.1 Å². The summed E-state index contributed by atoms with van der Waals surface area (Å²) in [5.41, 5.74) is 5.25. The van der Waals surface area contributed by atoms with E-state index in [0.29, 0.717) is 6.42 Å². The highest BCUT2D eigenvalue weighted by molar-refractivity contribution is 5.85.